The molecule has 0 saturated carbocycles. The molecule has 1 unspecified atom stereocenters. The number of hydrogen-bond donors (Lipinski definition) is 1. The Balaban J connectivity index is 1.69. The Kier molecular flexibility index (Phi) is 5.21. The molecule has 0 radical (unpaired) electrons. The van der Waals surface area contributed by atoms with E-state index in [9.17, 15) is 19.1 Å². The third kappa shape index (κ3) is 3.69. The minimum absolute atomic E-state index is 0.137. The number of rotatable bonds is 5. The van der Waals surface area contributed by atoms with E-state index >= 15 is 0 Å². The van der Waals surface area contributed by atoms with Crippen LogP contribution >= 0.6 is 0 Å². The van der Waals surface area contributed by atoms with Gasteiger partial charge >= 0.3 is 5.97 Å². The van der Waals surface area contributed by atoms with Crippen molar-refractivity contribution in [2.45, 2.75) is 25.3 Å². The Morgan fingerprint density at radius 1 is 1.27 bits per heavy atom. The van der Waals surface area contributed by atoms with Crippen molar-refractivity contribution in [3.8, 4) is 5.75 Å². The van der Waals surface area contributed by atoms with Crippen molar-refractivity contribution >= 4 is 11.9 Å². The molecule has 2 aromatic carbocycles. The summed E-state index contributed by atoms with van der Waals surface area (Å²) in [5.74, 6) is -2.09. The zero-order valence-electron chi connectivity index (χ0n) is 14.4. The lowest BCUT2D eigenvalue weighted by Gasteiger charge is -2.33. The largest absolute Gasteiger partial charge is 0.494 e. The summed E-state index contributed by atoms with van der Waals surface area (Å²) < 4.78 is 18.6. The quantitative estimate of drug-likeness (QED) is 0.893. The Morgan fingerprint density at radius 3 is 2.73 bits per heavy atom. The van der Waals surface area contributed by atoms with E-state index in [1.165, 1.54) is 19.2 Å². The van der Waals surface area contributed by atoms with E-state index < -0.39 is 17.7 Å². The first-order chi connectivity index (χ1) is 12.5. The van der Waals surface area contributed by atoms with Crippen LogP contribution < -0.4 is 4.74 Å². The number of aliphatic carboxylic acids is 1. The maximum atomic E-state index is 13.7. The van der Waals surface area contributed by atoms with Gasteiger partial charge in [-0.25, -0.2) is 4.39 Å². The molecule has 0 spiro atoms. The number of halogens is 1. The van der Waals surface area contributed by atoms with Gasteiger partial charge in [0.2, 0.25) is 5.91 Å². The summed E-state index contributed by atoms with van der Waals surface area (Å²) in [6, 6.07) is 11.9. The van der Waals surface area contributed by atoms with Crippen LogP contribution in [0.2, 0.25) is 0 Å². The van der Waals surface area contributed by atoms with Crippen LogP contribution in [-0.4, -0.2) is 35.5 Å². The number of nitrogens with zero attached hydrogens (tertiary/aromatic N) is 1. The second-order valence-corrected chi connectivity index (χ2v) is 6.33. The SMILES string of the molecule is COc1ccc(CCC(=O)N2Cc3ccccc3C(C(=O)O)C2)cc1F. The number of carboxylic acids is 1. The van der Waals surface area contributed by atoms with Gasteiger partial charge in [0.1, 0.15) is 0 Å². The first-order valence-electron chi connectivity index (χ1n) is 8.40. The second-order valence-electron chi connectivity index (χ2n) is 6.33. The lowest BCUT2D eigenvalue weighted by Crippen LogP contribution is -2.40. The smallest absolute Gasteiger partial charge is 0.312 e. The molecule has 1 aliphatic heterocycles. The molecule has 1 aliphatic rings. The molecule has 3 rings (SSSR count). The molecule has 0 aromatic heterocycles. The summed E-state index contributed by atoms with van der Waals surface area (Å²) in [5.41, 5.74) is 2.32. The number of carbonyl (C=O) groups is 2. The van der Waals surface area contributed by atoms with Crippen molar-refractivity contribution in [2.75, 3.05) is 13.7 Å². The summed E-state index contributed by atoms with van der Waals surface area (Å²) in [5, 5.41) is 9.48. The van der Waals surface area contributed by atoms with Gasteiger partial charge in [-0.15, -0.1) is 0 Å². The number of hydrogen-bond acceptors (Lipinski definition) is 3. The zero-order valence-corrected chi connectivity index (χ0v) is 14.4. The van der Waals surface area contributed by atoms with Gasteiger partial charge < -0.3 is 14.7 Å². The maximum absolute atomic E-state index is 13.7. The molecular weight excluding hydrogens is 337 g/mol. The van der Waals surface area contributed by atoms with Crippen LogP contribution in [0.5, 0.6) is 5.75 Å². The van der Waals surface area contributed by atoms with Gasteiger partial charge in [-0.2, -0.15) is 0 Å². The van der Waals surface area contributed by atoms with Crippen molar-refractivity contribution in [3.05, 3.63) is 65.0 Å². The van der Waals surface area contributed by atoms with E-state index in [0.29, 0.717) is 18.5 Å². The first-order valence-corrected chi connectivity index (χ1v) is 8.40. The Labute approximate surface area is 151 Å². The molecule has 1 N–H and O–H groups in total. The molecule has 26 heavy (non-hydrogen) atoms. The molecule has 1 heterocycles. The number of amides is 1. The number of benzene rings is 2. The van der Waals surface area contributed by atoms with Crippen LogP contribution in [0.3, 0.4) is 0 Å². The minimum Gasteiger partial charge on any atom is -0.494 e. The highest BCUT2D eigenvalue weighted by molar-refractivity contribution is 5.81. The van der Waals surface area contributed by atoms with E-state index in [0.717, 1.165) is 11.1 Å². The average molecular weight is 357 g/mol. The van der Waals surface area contributed by atoms with Crippen LogP contribution in [0.15, 0.2) is 42.5 Å². The van der Waals surface area contributed by atoms with Crippen LogP contribution in [0.4, 0.5) is 4.39 Å². The molecule has 2 aromatic rings. The third-order valence-electron chi connectivity index (χ3n) is 4.69. The summed E-state index contributed by atoms with van der Waals surface area (Å²) >= 11 is 0. The second kappa shape index (κ2) is 7.56. The van der Waals surface area contributed by atoms with Crippen LogP contribution in [0.1, 0.15) is 29.0 Å². The highest BCUT2D eigenvalue weighted by Crippen LogP contribution is 2.29. The third-order valence-corrected chi connectivity index (χ3v) is 4.69. The van der Waals surface area contributed by atoms with E-state index in [1.807, 2.05) is 18.2 Å². The highest BCUT2D eigenvalue weighted by Gasteiger charge is 2.32. The first kappa shape index (κ1) is 17.9. The molecular formula is C20H20FNO4. The molecule has 0 bridgehead atoms. The minimum atomic E-state index is -0.938. The van der Waals surface area contributed by atoms with E-state index in [1.54, 1.807) is 17.0 Å². The fourth-order valence-electron chi connectivity index (χ4n) is 3.28. The molecule has 6 heteroatoms. The van der Waals surface area contributed by atoms with Crippen LogP contribution in [-0.2, 0) is 22.6 Å². The number of aryl methyl sites for hydroxylation is 1. The fraction of sp³-hybridized carbons (Fsp3) is 0.300. The number of carbonyl (C=O) groups excluding carboxylic acids is 1. The average Bonchev–Trinajstić information content (AvgIpc) is 2.65. The molecule has 5 nitrogen and oxygen atoms in total. The van der Waals surface area contributed by atoms with Gasteiger partial charge in [0.25, 0.3) is 0 Å². The summed E-state index contributed by atoms with van der Waals surface area (Å²) in [4.78, 5) is 25.7. The summed E-state index contributed by atoms with van der Waals surface area (Å²) in [7, 11) is 1.40. The lowest BCUT2D eigenvalue weighted by molar-refractivity contribution is -0.141. The van der Waals surface area contributed by atoms with Crippen molar-refractivity contribution in [3.63, 3.8) is 0 Å². The van der Waals surface area contributed by atoms with Gasteiger partial charge in [0.05, 0.1) is 13.0 Å². The van der Waals surface area contributed by atoms with Gasteiger partial charge in [-0.3, -0.25) is 9.59 Å². The highest BCUT2D eigenvalue weighted by atomic mass is 19.1. The molecule has 136 valence electrons. The molecule has 0 fully saturated rings. The maximum Gasteiger partial charge on any atom is 0.312 e. The lowest BCUT2D eigenvalue weighted by atomic mass is 9.89. The standard InChI is InChI=1S/C20H20FNO4/c1-26-18-8-6-13(10-17(18)21)7-9-19(23)22-11-14-4-2-3-5-15(14)16(12-22)20(24)25/h2-6,8,10,16H,7,9,11-12H2,1H3,(H,24,25). The number of ether oxygens (including phenoxy) is 1. The monoisotopic (exact) mass is 357 g/mol. The number of carboxylic acid groups (broad SMARTS) is 1. The van der Waals surface area contributed by atoms with Gasteiger partial charge in [0.15, 0.2) is 11.6 Å². The Hall–Kier alpha value is -2.89. The van der Waals surface area contributed by atoms with Crippen molar-refractivity contribution in [2.24, 2.45) is 0 Å². The fourth-order valence-corrected chi connectivity index (χ4v) is 3.28. The van der Waals surface area contributed by atoms with Crippen molar-refractivity contribution in [1.82, 2.24) is 4.90 Å². The van der Waals surface area contributed by atoms with E-state index in [-0.39, 0.29) is 24.6 Å². The summed E-state index contributed by atoms with van der Waals surface area (Å²) in [6.07, 6.45) is 0.579. The van der Waals surface area contributed by atoms with Crippen molar-refractivity contribution < 1.29 is 23.8 Å². The van der Waals surface area contributed by atoms with Crippen LogP contribution in [0, 0.1) is 5.82 Å². The predicted octanol–water partition coefficient (Wildman–Crippen LogP) is 2.98. The van der Waals surface area contributed by atoms with Crippen molar-refractivity contribution in [1.29, 1.82) is 0 Å². The Morgan fingerprint density at radius 2 is 2.04 bits per heavy atom. The molecule has 1 atom stereocenters. The normalized spacial score (nSPS) is 16.1. The molecule has 1 amide bonds. The Bertz CT molecular complexity index is 836. The van der Waals surface area contributed by atoms with Gasteiger partial charge in [-0.1, -0.05) is 30.3 Å². The summed E-state index contributed by atoms with van der Waals surface area (Å²) in [6.45, 7) is 0.553. The predicted molar refractivity (Wildman–Crippen MR) is 93.5 cm³/mol. The van der Waals surface area contributed by atoms with Crippen LogP contribution in [0.25, 0.3) is 0 Å². The number of fused-ring (bicyclic) bond motifs is 1. The number of methoxy groups -OCH3 is 1. The molecule has 0 aliphatic carbocycles. The van der Waals surface area contributed by atoms with E-state index in [4.69, 9.17) is 4.74 Å². The molecule has 0 saturated heterocycles. The topological polar surface area (TPSA) is 66.8 Å². The van der Waals surface area contributed by atoms with Gasteiger partial charge in [0, 0.05) is 19.5 Å². The van der Waals surface area contributed by atoms with E-state index in [2.05, 4.69) is 0 Å². The van der Waals surface area contributed by atoms with Gasteiger partial charge in [-0.05, 0) is 35.2 Å². The zero-order chi connectivity index (χ0) is 18.7.